The first-order chi connectivity index (χ1) is 15.7. The first kappa shape index (κ1) is 23.3. The summed E-state index contributed by atoms with van der Waals surface area (Å²) in [6.45, 7) is 9.64. The van der Waals surface area contributed by atoms with Crippen molar-refractivity contribution >= 4 is 11.9 Å². The van der Waals surface area contributed by atoms with Crippen LogP contribution in [0.2, 0.25) is 0 Å². The number of amides is 3. The number of nitrogens with zero attached hydrogens (tertiary/aromatic N) is 1. The molecule has 0 aromatic heterocycles. The smallest absolute Gasteiger partial charge is 0.315 e. The molecule has 1 unspecified atom stereocenters. The van der Waals surface area contributed by atoms with Gasteiger partial charge in [0.1, 0.15) is 0 Å². The van der Waals surface area contributed by atoms with Crippen LogP contribution in [0.25, 0.3) is 11.1 Å². The quantitative estimate of drug-likeness (QED) is 0.644. The van der Waals surface area contributed by atoms with Gasteiger partial charge in [0.25, 0.3) is 5.91 Å². The summed E-state index contributed by atoms with van der Waals surface area (Å²) in [5.41, 5.74) is 3.14. The maximum atomic E-state index is 13.0. The van der Waals surface area contributed by atoms with E-state index in [9.17, 15) is 9.59 Å². The van der Waals surface area contributed by atoms with Gasteiger partial charge >= 0.3 is 6.03 Å². The molecular weight excluding hydrogens is 412 g/mol. The lowest BCUT2D eigenvalue weighted by Gasteiger charge is -2.39. The van der Waals surface area contributed by atoms with Crippen molar-refractivity contribution in [2.24, 2.45) is 5.92 Å². The summed E-state index contributed by atoms with van der Waals surface area (Å²) in [6, 6.07) is 15.7. The lowest BCUT2D eigenvalue weighted by Crippen LogP contribution is -2.57. The fraction of sp³-hybridized carbons (Fsp3) is 0.481. The summed E-state index contributed by atoms with van der Waals surface area (Å²) in [5, 5.41) is 9.18. The van der Waals surface area contributed by atoms with Gasteiger partial charge in [-0.15, -0.1) is 0 Å². The number of piperidine rings is 1. The van der Waals surface area contributed by atoms with E-state index in [0.29, 0.717) is 11.5 Å². The molecule has 3 saturated heterocycles. The Kier molecular flexibility index (Phi) is 6.48. The van der Waals surface area contributed by atoms with Gasteiger partial charge in [-0.2, -0.15) is 0 Å². The Bertz CT molecular complexity index is 992. The summed E-state index contributed by atoms with van der Waals surface area (Å²) < 4.78 is 0. The van der Waals surface area contributed by atoms with Crippen LogP contribution in [-0.4, -0.2) is 49.1 Å². The minimum absolute atomic E-state index is 0.0917. The number of fused-ring (bicyclic) bond motifs is 4. The predicted molar refractivity (Wildman–Crippen MR) is 132 cm³/mol. The first-order valence-corrected chi connectivity index (χ1v) is 12.0. The van der Waals surface area contributed by atoms with Gasteiger partial charge in [0.15, 0.2) is 0 Å². The van der Waals surface area contributed by atoms with Gasteiger partial charge in [0.05, 0.1) is 5.54 Å². The van der Waals surface area contributed by atoms with E-state index in [1.165, 1.54) is 0 Å². The zero-order valence-corrected chi connectivity index (χ0v) is 20.2. The van der Waals surface area contributed by atoms with Gasteiger partial charge in [-0.05, 0) is 87.9 Å². The van der Waals surface area contributed by atoms with E-state index < -0.39 is 5.54 Å². The molecule has 3 N–H and O–H groups in total. The van der Waals surface area contributed by atoms with Gasteiger partial charge in [-0.25, -0.2) is 4.79 Å². The monoisotopic (exact) mass is 448 g/mol. The SMILES string of the molecule is CNC(=O)c1ccc(-c2ccc(C(C)(C)NC(=O)NC3(C)CCN4CCC3CC4)cc2)cc1. The van der Waals surface area contributed by atoms with Gasteiger partial charge < -0.3 is 20.9 Å². The molecular formula is C27H36N4O2. The summed E-state index contributed by atoms with van der Waals surface area (Å²) in [7, 11) is 1.63. The highest BCUT2D eigenvalue weighted by atomic mass is 16.2. The fourth-order valence-electron chi connectivity index (χ4n) is 5.24. The Hall–Kier alpha value is -2.86. The summed E-state index contributed by atoms with van der Waals surface area (Å²) in [5.74, 6) is 0.449. The van der Waals surface area contributed by atoms with Crippen LogP contribution in [0.4, 0.5) is 4.79 Å². The lowest BCUT2D eigenvalue weighted by molar-refractivity contribution is 0.0963. The second-order valence-corrected chi connectivity index (χ2v) is 10.2. The zero-order valence-electron chi connectivity index (χ0n) is 20.2. The standard InChI is InChI=1S/C27H36N4O2/c1-26(2,29-25(33)30-27(3)15-18-31-16-13-23(27)14-17-31)22-11-9-20(10-12-22)19-5-7-21(8-6-19)24(32)28-4/h5-12,23H,13-18H2,1-4H3,(H,28,32)(H2,29,30,33). The molecule has 6 heteroatoms. The zero-order chi connectivity index (χ0) is 23.6. The van der Waals surface area contributed by atoms with E-state index >= 15 is 0 Å². The van der Waals surface area contributed by atoms with Crippen LogP contribution in [0.15, 0.2) is 48.5 Å². The molecule has 2 aromatic carbocycles. The number of rotatable bonds is 5. The molecule has 3 amide bonds. The summed E-state index contributed by atoms with van der Waals surface area (Å²) in [4.78, 5) is 27.3. The van der Waals surface area contributed by atoms with Crippen molar-refractivity contribution in [2.45, 2.75) is 51.1 Å². The van der Waals surface area contributed by atoms with E-state index in [-0.39, 0.29) is 17.5 Å². The third kappa shape index (κ3) is 5.06. The number of benzene rings is 2. The predicted octanol–water partition coefficient (Wildman–Crippen LogP) is 4.12. The van der Waals surface area contributed by atoms with E-state index in [1.807, 2.05) is 38.1 Å². The molecule has 6 nitrogen and oxygen atoms in total. The molecule has 176 valence electrons. The molecule has 3 fully saturated rings. The molecule has 33 heavy (non-hydrogen) atoms. The van der Waals surface area contributed by atoms with Crippen molar-refractivity contribution in [1.82, 2.24) is 20.9 Å². The van der Waals surface area contributed by atoms with Crippen LogP contribution in [0.1, 0.15) is 56.0 Å². The molecule has 3 aliphatic rings. The van der Waals surface area contributed by atoms with Crippen LogP contribution in [0, 0.1) is 5.92 Å². The summed E-state index contributed by atoms with van der Waals surface area (Å²) >= 11 is 0. The highest BCUT2D eigenvalue weighted by Crippen LogP contribution is 2.35. The average Bonchev–Trinajstić information content (AvgIpc) is 3.06. The summed E-state index contributed by atoms with van der Waals surface area (Å²) in [6.07, 6.45) is 3.32. The van der Waals surface area contributed by atoms with Gasteiger partial charge in [0, 0.05) is 24.7 Å². The fourth-order valence-corrected chi connectivity index (χ4v) is 5.24. The van der Waals surface area contributed by atoms with Crippen molar-refractivity contribution in [3.63, 3.8) is 0 Å². The second-order valence-electron chi connectivity index (χ2n) is 10.2. The van der Waals surface area contributed by atoms with Gasteiger partial charge in [-0.1, -0.05) is 36.4 Å². The van der Waals surface area contributed by atoms with E-state index in [4.69, 9.17) is 0 Å². The molecule has 3 aliphatic heterocycles. The first-order valence-electron chi connectivity index (χ1n) is 12.0. The lowest BCUT2D eigenvalue weighted by atomic mass is 9.79. The maximum Gasteiger partial charge on any atom is 0.315 e. The Labute approximate surface area is 197 Å². The molecule has 1 atom stereocenters. The third-order valence-corrected chi connectivity index (χ3v) is 7.58. The number of hydrogen-bond acceptors (Lipinski definition) is 3. The van der Waals surface area contributed by atoms with Crippen LogP contribution in [0.3, 0.4) is 0 Å². The minimum Gasteiger partial charge on any atom is -0.355 e. The molecule has 0 saturated carbocycles. The highest BCUT2D eigenvalue weighted by Gasteiger charge is 2.41. The van der Waals surface area contributed by atoms with Gasteiger partial charge in [-0.3, -0.25) is 4.79 Å². The largest absolute Gasteiger partial charge is 0.355 e. The molecule has 2 bridgehead atoms. The number of carbonyl (C=O) groups excluding carboxylic acids is 2. The average molecular weight is 449 g/mol. The Morgan fingerprint density at radius 1 is 0.939 bits per heavy atom. The van der Waals surface area contributed by atoms with Crippen molar-refractivity contribution in [1.29, 1.82) is 0 Å². The molecule has 0 aliphatic carbocycles. The number of carbonyl (C=O) groups is 2. The van der Waals surface area contributed by atoms with E-state index in [2.05, 4.69) is 52.0 Å². The minimum atomic E-state index is -0.505. The van der Waals surface area contributed by atoms with Crippen LogP contribution < -0.4 is 16.0 Å². The highest BCUT2D eigenvalue weighted by molar-refractivity contribution is 5.94. The van der Waals surface area contributed by atoms with Crippen molar-refractivity contribution in [2.75, 3.05) is 26.7 Å². The molecule has 0 radical (unpaired) electrons. The Balaban J connectivity index is 1.41. The van der Waals surface area contributed by atoms with E-state index in [1.54, 1.807) is 7.05 Å². The normalized spacial score (nSPS) is 24.6. The van der Waals surface area contributed by atoms with E-state index in [0.717, 1.165) is 55.6 Å². The van der Waals surface area contributed by atoms with Crippen LogP contribution in [-0.2, 0) is 5.54 Å². The Morgan fingerprint density at radius 2 is 1.52 bits per heavy atom. The second kappa shape index (κ2) is 9.18. The number of hydrogen-bond donors (Lipinski definition) is 3. The van der Waals surface area contributed by atoms with Crippen LogP contribution >= 0.6 is 0 Å². The topological polar surface area (TPSA) is 73.5 Å². The molecule has 2 aromatic rings. The third-order valence-electron chi connectivity index (χ3n) is 7.58. The maximum absolute atomic E-state index is 13.0. The number of urea groups is 1. The van der Waals surface area contributed by atoms with Crippen molar-refractivity contribution in [3.8, 4) is 11.1 Å². The molecule has 0 spiro atoms. The molecule has 3 heterocycles. The van der Waals surface area contributed by atoms with Crippen molar-refractivity contribution < 1.29 is 9.59 Å². The van der Waals surface area contributed by atoms with Crippen LogP contribution in [0.5, 0.6) is 0 Å². The Morgan fingerprint density at radius 3 is 2.09 bits per heavy atom. The van der Waals surface area contributed by atoms with Crippen molar-refractivity contribution in [3.05, 3.63) is 59.7 Å². The van der Waals surface area contributed by atoms with Gasteiger partial charge in [0.2, 0.25) is 0 Å². The molecule has 5 rings (SSSR count). The number of nitrogens with one attached hydrogen (secondary N) is 3.